The molecule has 3 nitrogen and oxygen atoms in total. The second-order valence-electron chi connectivity index (χ2n) is 2.41. The fourth-order valence-corrected chi connectivity index (χ4v) is 1.07. The summed E-state index contributed by atoms with van der Waals surface area (Å²) in [5, 5.41) is 0. The van der Waals surface area contributed by atoms with Crippen LogP contribution in [0.5, 0.6) is 0 Å². The van der Waals surface area contributed by atoms with E-state index < -0.39 is 0 Å². The molecule has 0 heterocycles. The summed E-state index contributed by atoms with van der Waals surface area (Å²) in [7, 11) is 0. The van der Waals surface area contributed by atoms with Crippen LogP contribution in [0.3, 0.4) is 0 Å². The van der Waals surface area contributed by atoms with E-state index >= 15 is 0 Å². The summed E-state index contributed by atoms with van der Waals surface area (Å²) in [6, 6.07) is 0.501. The Morgan fingerprint density at radius 2 is 2.20 bits per heavy atom. The van der Waals surface area contributed by atoms with Gasteiger partial charge in [-0.2, -0.15) is 0 Å². The van der Waals surface area contributed by atoms with Crippen molar-refractivity contribution in [3.8, 4) is 0 Å². The monoisotopic (exact) mass is 166 g/mol. The molecule has 0 bridgehead atoms. The standard InChI is InChI=1S/C6H14N2O.ClH/c1-2-9-6-3-5(4-6)8-7;/h5-6,8H,2-4,7H2,1H3;1H. The minimum Gasteiger partial charge on any atom is -0.378 e. The molecular formula is C6H15ClN2O. The molecule has 0 aromatic rings. The third-order valence-corrected chi connectivity index (χ3v) is 1.73. The van der Waals surface area contributed by atoms with Gasteiger partial charge in [-0.3, -0.25) is 11.3 Å². The molecule has 3 N–H and O–H groups in total. The Balaban J connectivity index is 0.000000810. The van der Waals surface area contributed by atoms with Gasteiger partial charge in [0.25, 0.3) is 0 Å². The largest absolute Gasteiger partial charge is 0.378 e. The van der Waals surface area contributed by atoms with E-state index in [1.807, 2.05) is 6.92 Å². The van der Waals surface area contributed by atoms with Gasteiger partial charge in [0.2, 0.25) is 0 Å². The molecular weight excluding hydrogens is 152 g/mol. The smallest absolute Gasteiger partial charge is 0.0605 e. The van der Waals surface area contributed by atoms with E-state index in [4.69, 9.17) is 10.6 Å². The lowest BCUT2D eigenvalue weighted by atomic mass is 9.90. The minimum atomic E-state index is 0. The maximum atomic E-state index is 5.31. The van der Waals surface area contributed by atoms with E-state index in [-0.39, 0.29) is 12.4 Å². The van der Waals surface area contributed by atoms with Gasteiger partial charge in [0.15, 0.2) is 0 Å². The van der Waals surface area contributed by atoms with Crippen LogP contribution in [0.15, 0.2) is 0 Å². The Morgan fingerprint density at radius 1 is 1.60 bits per heavy atom. The summed E-state index contributed by atoms with van der Waals surface area (Å²) in [5.41, 5.74) is 2.71. The third-order valence-electron chi connectivity index (χ3n) is 1.73. The highest BCUT2D eigenvalue weighted by Crippen LogP contribution is 2.21. The highest BCUT2D eigenvalue weighted by molar-refractivity contribution is 5.85. The van der Waals surface area contributed by atoms with Gasteiger partial charge in [-0.15, -0.1) is 12.4 Å². The average molecular weight is 167 g/mol. The number of hydrogen-bond donors (Lipinski definition) is 2. The SMILES string of the molecule is CCOC1CC(NN)C1.Cl. The van der Waals surface area contributed by atoms with Crippen molar-refractivity contribution in [3.05, 3.63) is 0 Å². The first-order valence-electron chi connectivity index (χ1n) is 3.44. The van der Waals surface area contributed by atoms with Gasteiger partial charge in [0.05, 0.1) is 6.10 Å². The van der Waals surface area contributed by atoms with E-state index in [9.17, 15) is 0 Å². The highest BCUT2D eigenvalue weighted by atomic mass is 35.5. The molecule has 0 aromatic heterocycles. The zero-order chi connectivity index (χ0) is 6.69. The first kappa shape index (κ1) is 10.2. The molecule has 1 saturated carbocycles. The van der Waals surface area contributed by atoms with Crippen molar-refractivity contribution < 1.29 is 4.74 Å². The number of rotatable bonds is 3. The summed E-state index contributed by atoms with van der Waals surface area (Å²) >= 11 is 0. The Kier molecular flexibility index (Phi) is 4.99. The van der Waals surface area contributed by atoms with Crippen molar-refractivity contribution in [1.29, 1.82) is 0 Å². The lowest BCUT2D eigenvalue weighted by Crippen LogP contribution is -2.48. The van der Waals surface area contributed by atoms with Crippen LogP contribution < -0.4 is 11.3 Å². The quantitative estimate of drug-likeness (QED) is 0.473. The van der Waals surface area contributed by atoms with Crippen LogP contribution >= 0.6 is 12.4 Å². The van der Waals surface area contributed by atoms with Gasteiger partial charge in [0.1, 0.15) is 0 Å². The average Bonchev–Trinajstić information content (AvgIpc) is 1.77. The van der Waals surface area contributed by atoms with Crippen LogP contribution in [0.1, 0.15) is 19.8 Å². The highest BCUT2D eigenvalue weighted by Gasteiger charge is 2.27. The van der Waals surface area contributed by atoms with Gasteiger partial charge < -0.3 is 4.74 Å². The maximum absolute atomic E-state index is 5.31. The topological polar surface area (TPSA) is 47.3 Å². The van der Waals surface area contributed by atoms with Crippen molar-refractivity contribution in [2.45, 2.75) is 31.9 Å². The van der Waals surface area contributed by atoms with E-state index in [1.54, 1.807) is 0 Å². The summed E-state index contributed by atoms with van der Waals surface area (Å²) in [6.45, 7) is 2.84. The Labute approximate surface area is 67.7 Å². The van der Waals surface area contributed by atoms with E-state index in [0.717, 1.165) is 19.4 Å². The van der Waals surface area contributed by atoms with Gasteiger partial charge in [0, 0.05) is 12.6 Å². The van der Waals surface area contributed by atoms with E-state index in [0.29, 0.717) is 12.1 Å². The zero-order valence-corrected chi connectivity index (χ0v) is 6.99. The molecule has 4 heteroatoms. The molecule has 1 aliphatic carbocycles. The van der Waals surface area contributed by atoms with Crippen molar-refractivity contribution >= 4 is 12.4 Å². The molecule has 1 aliphatic rings. The number of halogens is 1. The summed E-state index contributed by atoms with van der Waals surface area (Å²) in [6.07, 6.45) is 2.62. The van der Waals surface area contributed by atoms with Crippen LogP contribution in [0.2, 0.25) is 0 Å². The molecule has 1 rings (SSSR count). The summed E-state index contributed by atoms with van der Waals surface area (Å²) < 4.78 is 5.31. The van der Waals surface area contributed by atoms with Crippen LogP contribution in [0, 0.1) is 0 Å². The summed E-state index contributed by atoms with van der Waals surface area (Å²) in [4.78, 5) is 0. The molecule has 10 heavy (non-hydrogen) atoms. The number of hydrogen-bond acceptors (Lipinski definition) is 3. The van der Waals surface area contributed by atoms with Gasteiger partial charge in [-0.05, 0) is 19.8 Å². The predicted molar refractivity (Wildman–Crippen MR) is 43.0 cm³/mol. The molecule has 0 aliphatic heterocycles. The van der Waals surface area contributed by atoms with Crippen LogP contribution in [-0.2, 0) is 4.74 Å². The molecule has 0 atom stereocenters. The van der Waals surface area contributed by atoms with Gasteiger partial charge in [-0.25, -0.2) is 0 Å². The fraction of sp³-hybridized carbons (Fsp3) is 1.00. The number of nitrogens with two attached hydrogens (primary N) is 1. The first-order chi connectivity index (χ1) is 4.36. The Hall–Kier alpha value is 0.170. The summed E-state index contributed by atoms with van der Waals surface area (Å²) in [5.74, 6) is 5.19. The normalized spacial score (nSPS) is 30.6. The maximum Gasteiger partial charge on any atom is 0.0605 e. The van der Waals surface area contributed by atoms with Crippen LogP contribution in [-0.4, -0.2) is 18.8 Å². The number of nitrogens with one attached hydrogen (secondary N) is 1. The molecule has 62 valence electrons. The van der Waals surface area contributed by atoms with Gasteiger partial charge >= 0.3 is 0 Å². The van der Waals surface area contributed by atoms with E-state index in [2.05, 4.69) is 5.43 Å². The predicted octanol–water partition coefficient (Wildman–Crippen LogP) is 0.439. The molecule has 1 fully saturated rings. The second kappa shape index (κ2) is 4.91. The fourth-order valence-electron chi connectivity index (χ4n) is 1.07. The molecule has 0 amide bonds. The second-order valence-corrected chi connectivity index (χ2v) is 2.41. The molecule has 0 aromatic carbocycles. The lowest BCUT2D eigenvalue weighted by molar-refractivity contribution is -0.00976. The Morgan fingerprint density at radius 3 is 2.60 bits per heavy atom. The minimum absolute atomic E-state index is 0. The lowest BCUT2D eigenvalue weighted by Gasteiger charge is -2.33. The van der Waals surface area contributed by atoms with Crippen LogP contribution in [0.4, 0.5) is 0 Å². The molecule has 0 unspecified atom stereocenters. The van der Waals surface area contributed by atoms with Crippen molar-refractivity contribution in [1.82, 2.24) is 5.43 Å². The Bertz CT molecular complexity index is 85.8. The van der Waals surface area contributed by atoms with Crippen molar-refractivity contribution in [2.75, 3.05) is 6.61 Å². The van der Waals surface area contributed by atoms with Crippen molar-refractivity contribution in [2.24, 2.45) is 5.84 Å². The van der Waals surface area contributed by atoms with Gasteiger partial charge in [-0.1, -0.05) is 0 Å². The number of ether oxygens (including phenoxy) is 1. The molecule has 0 radical (unpaired) electrons. The molecule has 0 spiro atoms. The van der Waals surface area contributed by atoms with Crippen LogP contribution in [0.25, 0.3) is 0 Å². The van der Waals surface area contributed by atoms with Crippen molar-refractivity contribution in [3.63, 3.8) is 0 Å². The zero-order valence-electron chi connectivity index (χ0n) is 6.17. The first-order valence-corrected chi connectivity index (χ1v) is 3.44. The number of hydrazine groups is 1. The third kappa shape index (κ3) is 2.42. The van der Waals surface area contributed by atoms with E-state index in [1.165, 1.54) is 0 Å². The molecule has 0 saturated heterocycles.